The third-order valence-electron chi connectivity index (χ3n) is 5.03. The van der Waals surface area contributed by atoms with Gasteiger partial charge in [-0.05, 0) is 40.8 Å². The number of hydrogen-bond donors (Lipinski definition) is 0. The van der Waals surface area contributed by atoms with Gasteiger partial charge in [0.15, 0.2) is 0 Å². The summed E-state index contributed by atoms with van der Waals surface area (Å²) >= 11 is 0. The first kappa shape index (κ1) is 15.7. The van der Waals surface area contributed by atoms with E-state index in [4.69, 9.17) is 0 Å². The van der Waals surface area contributed by atoms with Crippen molar-refractivity contribution >= 4 is 21.8 Å². The van der Waals surface area contributed by atoms with E-state index in [1.165, 1.54) is 27.6 Å². The molecule has 0 aliphatic rings. The molecule has 0 radical (unpaired) electrons. The average molecular weight is 346 g/mol. The minimum atomic E-state index is 0.893. The van der Waals surface area contributed by atoms with Gasteiger partial charge in [0.1, 0.15) is 0 Å². The minimum absolute atomic E-state index is 0.893. The molecular formula is C25H18N2. The largest absolute Gasteiger partial charge is 0.254 e. The van der Waals surface area contributed by atoms with Gasteiger partial charge in [-0.25, -0.2) is 0 Å². The summed E-state index contributed by atoms with van der Waals surface area (Å²) in [4.78, 5) is 9.37. The highest BCUT2D eigenvalue weighted by Crippen LogP contribution is 2.32. The van der Waals surface area contributed by atoms with Crippen molar-refractivity contribution in [3.63, 3.8) is 0 Å². The van der Waals surface area contributed by atoms with E-state index in [0.29, 0.717) is 0 Å². The fraction of sp³-hybridized carbons (Fsp3) is 0.0400. The van der Waals surface area contributed by atoms with Gasteiger partial charge < -0.3 is 0 Å². The highest BCUT2D eigenvalue weighted by Gasteiger charge is 2.11. The fourth-order valence-electron chi connectivity index (χ4n) is 3.72. The van der Waals surface area contributed by atoms with Crippen molar-refractivity contribution in [2.45, 2.75) is 6.42 Å². The van der Waals surface area contributed by atoms with Crippen LogP contribution in [0.3, 0.4) is 0 Å². The molecule has 3 aromatic carbocycles. The first-order valence-electron chi connectivity index (χ1n) is 9.15. The quantitative estimate of drug-likeness (QED) is 0.372. The normalized spacial score (nSPS) is 11.1. The van der Waals surface area contributed by atoms with Gasteiger partial charge in [0.05, 0.1) is 11.0 Å². The van der Waals surface area contributed by atoms with Crippen molar-refractivity contribution in [2.75, 3.05) is 0 Å². The molecule has 0 aliphatic carbocycles. The molecule has 0 bridgehead atoms. The van der Waals surface area contributed by atoms with E-state index in [2.05, 4.69) is 88.8 Å². The van der Waals surface area contributed by atoms with Crippen LogP contribution in [0, 0.1) is 0 Å². The standard InChI is InChI=1S/C25H18N2/c1-3-7-18(8-4-1)17-20-13-15-26-24-22(20)11-12-23-21(14-16-27-25(23)24)19-9-5-2-6-10-19/h1-16H,17H2. The maximum absolute atomic E-state index is 4.68. The molecule has 2 heterocycles. The number of benzene rings is 3. The van der Waals surface area contributed by atoms with Crippen molar-refractivity contribution in [3.8, 4) is 11.1 Å². The maximum Gasteiger partial charge on any atom is 0.0970 e. The van der Waals surface area contributed by atoms with E-state index < -0.39 is 0 Å². The summed E-state index contributed by atoms with van der Waals surface area (Å²) < 4.78 is 0. The molecule has 0 saturated heterocycles. The van der Waals surface area contributed by atoms with E-state index in [0.717, 1.165) is 22.8 Å². The summed E-state index contributed by atoms with van der Waals surface area (Å²) in [7, 11) is 0. The summed E-state index contributed by atoms with van der Waals surface area (Å²) in [6.07, 6.45) is 4.68. The Kier molecular flexibility index (Phi) is 3.87. The second-order valence-electron chi connectivity index (χ2n) is 6.71. The van der Waals surface area contributed by atoms with Gasteiger partial charge in [-0.15, -0.1) is 0 Å². The molecule has 128 valence electrons. The second-order valence-corrected chi connectivity index (χ2v) is 6.71. The smallest absolute Gasteiger partial charge is 0.0970 e. The topological polar surface area (TPSA) is 25.8 Å². The number of pyridine rings is 2. The van der Waals surface area contributed by atoms with Gasteiger partial charge in [0, 0.05) is 23.2 Å². The predicted octanol–water partition coefficient (Wildman–Crippen LogP) is 6.04. The molecule has 0 spiro atoms. The monoisotopic (exact) mass is 346 g/mol. The van der Waals surface area contributed by atoms with Crippen molar-refractivity contribution in [3.05, 3.63) is 108 Å². The second kappa shape index (κ2) is 6.65. The van der Waals surface area contributed by atoms with Crippen LogP contribution >= 0.6 is 0 Å². The first-order chi connectivity index (χ1) is 13.4. The van der Waals surface area contributed by atoms with Gasteiger partial charge in [-0.2, -0.15) is 0 Å². The molecule has 0 aliphatic heterocycles. The van der Waals surface area contributed by atoms with Crippen LogP contribution in [0.25, 0.3) is 32.9 Å². The van der Waals surface area contributed by atoms with Gasteiger partial charge in [-0.1, -0.05) is 72.8 Å². The Labute approximate surface area is 158 Å². The molecule has 0 amide bonds. The predicted molar refractivity (Wildman–Crippen MR) is 112 cm³/mol. The average Bonchev–Trinajstić information content (AvgIpc) is 2.75. The molecule has 0 atom stereocenters. The van der Waals surface area contributed by atoms with E-state index in [-0.39, 0.29) is 0 Å². The van der Waals surface area contributed by atoms with Gasteiger partial charge >= 0.3 is 0 Å². The molecule has 2 nitrogen and oxygen atoms in total. The van der Waals surface area contributed by atoms with Crippen molar-refractivity contribution in [2.24, 2.45) is 0 Å². The Balaban J connectivity index is 1.71. The number of fused-ring (bicyclic) bond motifs is 3. The fourth-order valence-corrected chi connectivity index (χ4v) is 3.72. The number of aromatic nitrogens is 2. The summed E-state index contributed by atoms with van der Waals surface area (Å²) in [5, 5.41) is 2.31. The van der Waals surface area contributed by atoms with Gasteiger partial charge in [-0.3, -0.25) is 9.97 Å². The number of rotatable bonds is 3. The zero-order valence-corrected chi connectivity index (χ0v) is 14.8. The van der Waals surface area contributed by atoms with Gasteiger partial charge in [0.2, 0.25) is 0 Å². The molecule has 2 aromatic heterocycles. The van der Waals surface area contributed by atoms with Crippen molar-refractivity contribution in [1.29, 1.82) is 0 Å². The Morgan fingerprint density at radius 1 is 0.556 bits per heavy atom. The molecule has 5 aromatic rings. The summed E-state index contributed by atoms with van der Waals surface area (Å²) in [5.74, 6) is 0. The van der Waals surface area contributed by atoms with Gasteiger partial charge in [0.25, 0.3) is 0 Å². The van der Waals surface area contributed by atoms with Crippen LogP contribution in [0.5, 0.6) is 0 Å². The van der Waals surface area contributed by atoms with Crippen LogP contribution in [-0.4, -0.2) is 9.97 Å². The summed E-state index contributed by atoms with van der Waals surface area (Å²) in [6.45, 7) is 0. The third kappa shape index (κ3) is 2.85. The van der Waals surface area contributed by atoms with E-state index in [9.17, 15) is 0 Å². The maximum atomic E-state index is 4.68. The SMILES string of the molecule is c1ccc(Cc2ccnc3c2ccc2c(-c4ccccc4)ccnc23)cc1. The van der Waals surface area contributed by atoms with Crippen molar-refractivity contribution in [1.82, 2.24) is 9.97 Å². The van der Waals surface area contributed by atoms with E-state index in [1.807, 2.05) is 18.5 Å². The summed E-state index contributed by atoms with van der Waals surface area (Å²) in [5.41, 5.74) is 6.90. The first-order valence-corrected chi connectivity index (χ1v) is 9.15. The van der Waals surface area contributed by atoms with Crippen LogP contribution in [0.4, 0.5) is 0 Å². The molecule has 5 rings (SSSR count). The minimum Gasteiger partial charge on any atom is -0.254 e. The van der Waals surface area contributed by atoms with Crippen LogP contribution in [0.15, 0.2) is 97.3 Å². The van der Waals surface area contributed by atoms with Crippen LogP contribution in [0.2, 0.25) is 0 Å². The molecule has 2 heteroatoms. The zero-order chi connectivity index (χ0) is 18.1. The Morgan fingerprint density at radius 2 is 1.19 bits per heavy atom. The molecular weight excluding hydrogens is 328 g/mol. The molecule has 0 N–H and O–H groups in total. The van der Waals surface area contributed by atoms with Crippen LogP contribution < -0.4 is 0 Å². The van der Waals surface area contributed by atoms with Crippen LogP contribution in [0.1, 0.15) is 11.1 Å². The Hall–Kier alpha value is -3.52. The van der Waals surface area contributed by atoms with E-state index in [1.54, 1.807) is 0 Å². The lowest BCUT2D eigenvalue weighted by molar-refractivity contribution is 1.20. The number of nitrogens with zero attached hydrogens (tertiary/aromatic N) is 2. The molecule has 0 unspecified atom stereocenters. The third-order valence-corrected chi connectivity index (χ3v) is 5.03. The lowest BCUT2D eigenvalue weighted by atomic mass is 9.97. The zero-order valence-electron chi connectivity index (χ0n) is 14.8. The molecule has 27 heavy (non-hydrogen) atoms. The lowest BCUT2D eigenvalue weighted by Crippen LogP contribution is -1.94. The summed E-state index contributed by atoms with van der Waals surface area (Å²) in [6, 6.07) is 29.6. The highest BCUT2D eigenvalue weighted by molar-refractivity contribution is 6.08. The molecule has 0 fully saturated rings. The molecule has 0 saturated carbocycles. The van der Waals surface area contributed by atoms with E-state index >= 15 is 0 Å². The highest BCUT2D eigenvalue weighted by atomic mass is 14.7. The Morgan fingerprint density at radius 3 is 1.96 bits per heavy atom. The van der Waals surface area contributed by atoms with Crippen LogP contribution in [-0.2, 0) is 6.42 Å². The number of hydrogen-bond acceptors (Lipinski definition) is 2. The Bertz CT molecular complexity index is 1230. The lowest BCUT2D eigenvalue weighted by Gasteiger charge is -2.11. The van der Waals surface area contributed by atoms with Crippen molar-refractivity contribution < 1.29 is 0 Å².